The van der Waals surface area contributed by atoms with Crippen LogP contribution in [0, 0.1) is 22.7 Å². The van der Waals surface area contributed by atoms with Gasteiger partial charge in [0.2, 0.25) is 0 Å². The van der Waals surface area contributed by atoms with Crippen molar-refractivity contribution in [2.75, 3.05) is 0 Å². The van der Waals surface area contributed by atoms with Crippen molar-refractivity contribution < 1.29 is 17.0 Å². The summed E-state index contributed by atoms with van der Waals surface area (Å²) in [5, 5.41) is 0. The molecule has 0 bridgehead atoms. The quantitative estimate of drug-likeness (QED) is 0.268. The molecule has 0 aromatic carbocycles. The van der Waals surface area contributed by atoms with Crippen LogP contribution in [-0.4, -0.2) is 24.5 Å². The monoisotopic (exact) mass is 580 g/mol. The van der Waals surface area contributed by atoms with Crippen LogP contribution in [0.3, 0.4) is 0 Å². The molecule has 0 radical (unpaired) electrons. The van der Waals surface area contributed by atoms with Gasteiger partial charge in [-0.25, -0.2) is 0 Å². The molecule has 2 aromatic rings. The standard InChI is InChI=1S/2C15H23N2.2ClH.Ti/c2*1-15(2,3)12-6-8-13(9-7-12)17-11-14-5-4-10-16-14;;;/h2*4-5,10-13H,6-9H2,1-3H3;2*1H;/q2*-1;;;+2/p-2. The van der Waals surface area contributed by atoms with Gasteiger partial charge in [0.15, 0.2) is 0 Å². The minimum absolute atomic E-state index is 0.460. The summed E-state index contributed by atoms with van der Waals surface area (Å²) in [4.78, 5) is 17.7. The van der Waals surface area contributed by atoms with Crippen LogP contribution >= 0.6 is 18.6 Å². The van der Waals surface area contributed by atoms with Gasteiger partial charge in [-0.1, -0.05) is 65.8 Å². The van der Waals surface area contributed by atoms with Crippen molar-refractivity contribution in [2.24, 2.45) is 32.7 Å². The Bertz CT molecular complexity index is 805. The first-order chi connectivity index (χ1) is 17.5. The average molecular weight is 581 g/mol. The summed E-state index contributed by atoms with van der Waals surface area (Å²) >= 11 is -0.556. The maximum absolute atomic E-state index is 4.89. The Hall–Kier alpha value is -0.806. The zero-order valence-electron chi connectivity index (χ0n) is 23.6. The molecule has 2 heterocycles. The zero-order chi connectivity index (χ0) is 27.3. The summed E-state index contributed by atoms with van der Waals surface area (Å²) in [6.07, 6.45) is 17.7. The fourth-order valence-electron chi connectivity index (χ4n) is 5.33. The van der Waals surface area contributed by atoms with Crippen LogP contribution in [0.25, 0.3) is 0 Å². The normalized spacial score (nSPS) is 24.8. The number of nitrogens with zero attached hydrogens (tertiary/aromatic N) is 4. The van der Waals surface area contributed by atoms with Crippen LogP contribution in [0.1, 0.15) is 104 Å². The molecule has 2 aromatic heterocycles. The second kappa shape index (κ2) is 16.3. The molecule has 0 unspecified atom stereocenters. The van der Waals surface area contributed by atoms with E-state index in [1.807, 2.05) is 49.1 Å². The van der Waals surface area contributed by atoms with Gasteiger partial charge in [-0.05, 0) is 74.0 Å². The van der Waals surface area contributed by atoms with E-state index in [-0.39, 0.29) is 0 Å². The summed E-state index contributed by atoms with van der Waals surface area (Å²) in [6, 6.07) is 8.96. The summed E-state index contributed by atoms with van der Waals surface area (Å²) < 4.78 is 0. The predicted molar refractivity (Wildman–Crippen MR) is 157 cm³/mol. The minimum atomic E-state index is -0.556. The van der Waals surface area contributed by atoms with E-state index >= 15 is 0 Å². The van der Waals surface area contributed by atoms with Crippen molar-refractivity contribution in [3.05, 3.63) is 48.0 Å². The van der Waals surface area contributed by atoms with Crippen LogP contribution in [-0.2, 0) is 17.0 Å². The molecule has 2 fully saturated rings. The van der Waals surface area contributed by atoms with Crippen LogP contribution in [0.15, 0.2) is 46.6 Å². The van der Waals surface area contributed by atoms with E-state index in [1.54, 1.807) is 0 Å². The molecule has 0 spiro atoms. The van der Waals surface area contributed by atoms with E-state index in [4.69, 9.17) is 18.6 Å². The van der Waals surface area contributed by atoms with Crippen molar-refractivity contribution >= 4 is 31.0 Å². The van der Waals surface area contributed by atoms with Gasteiger partial charge in [-0.15, -0.1) is 11.4 Å². The number of aromatic nitrogens is 2. The number of halogens is 2. The molecular weight excluding hydrogens is 535 g/mol. The second-order valence-electron chi connectivity index (χ2n) is 12.5. The van der Waals surface area contributed by atoms with E-state index in [1.165, 1.54) is 51.4 Å². The van der Waals surface area contributed by atoms with Crippen molar-refractivity contribution in [3.8, 4) is 0 Å². The van der Waals surface area contributed by atoms with Crippen LogP contribution in [0.5, 0.6) is 0 Å². The Balaban J connectivity index is 0.000000235. The van der Waals surface area contributed by atoms with Crippen LogP contribution in [0.4, 0.5) is 0 Å². The first-order valence-electron chi connectivity index (χ1n) is 13.7. The number of hydrogen-bond acceptors (Lipinski definition) is 2. The van der Waals surface area contributed by atoms with E-state index in [9.17, 15) is 0 Å². The fourth-order valence-corrected chi connectivity index (χ4v) is 5.33. The number of aliphatic imine (C=N–C) groups is 2. The maximum atomic E-state index is 4.89. The molecular formula is C30H46Cl2N4Ti-2. The van der Waals surface area contributed by atoms with E-state index in [2.05, 4.69) is 61.5 Å². The zero-order valence-corrected chi connectivity index (χ0v) is 26.7. The Morgan fingerprint density at radius 2 is 1.00 bits per heavy atom. The molecule has 0 atom stereocenters. The third kappa shape index (κ3) is 12.7. The van der Waals surface area contributed by atoms with Crippen molar-refractivity contribution in [1.29, 1.82) is 0 Å². The van der Waals surface area contributed by atoms with Gasteiger partial charge in [0.1, 0.15) is 0 Å². The third-order valence-corrected chi connectivity index (χ3v) is 7.83. The Morgan fingerprint density at radius 3 is 1.24 bits per heavy atom. The van der Waals surface area contributed by atoms with Crippen molar-refractivity contribution in [1.82, 2.24) is 9.97 Å². The summed E-state index contributed by atoms with van der Waals surface area (Å²) in [6.45, 7) is 14.1. The predicted octanol–water partition coefficient (Wildman–Crippen LogP) is 8.71. The molecule has 0 N–H and O–H groups in total. The molecule has 0 saturated heterocycles. The molecule has 7 heteroatoms. The SMILES string of the molecule is CC(C)(C)C1CCC(N=Cc2ccc[n-]2)CC1.CC(C)(C)C1CCC(N=Cc2ccc[n-]2)CC1.[Cl][Ti][Cl]. The fraction of sp³-hybridized carbons (Fsp3) is 0.667. The van der Waals surface area contributed by atoms with Crippen LogP contribution < -0.4 is 9.97 Å². The topological polar surface area (TPSA) is 52.9 Å². The molecule has 37 heavy (non-hydrogen) atoms. The molecule has 0 amide bonds. The second-order valence-corrected chi connectivity index (χ2v) is 15.1. The van der Waals surface area contributed by atoms with Gasteiger partial charge in [0, 0.05) is 24.5 Å². The summed E-state index contributed by atoms with van der Waals surface area (Å²) in [5.74, 6) is 1.73. The van der Waals surface area contributed by atoms with E-state index in [0.29, 0.717) is 22.9 Å². The molecule has 0 aliphatic heterocycles. The Kier molecular flexibility index (Phi) is 14.3. The molecule has 4 rings (SSSR count). The molecule has 2 saturated carbocycles. The Labute approximate surface area is 242 Å². The third-order valence-electron chi connectivity index (χ3n) is 7.83. The first-order valence-corrected chi connectivity index (χ1v) is 18.0. The van der Waals surface area contributed by atoms with Crippen LogP contribution in [0.2, 0.25) is 0 Å². The van der Waals surface area contributed by atoms with Gasteiger partial charge in [-0.3, -0.25) is 9.98 Å². The summed E-state index contributed by atoms with van der Waals surface area (Å²) in [7, 11) is 9.78. The molecule has 4 nitrogen and oxygen atoms in total. The van der Waals surface area contributed by atoms with Gasteiger partial charge >= 0.3 is 35.6 Å². The van der Waals surface area contributed by atoms with Crippen molar-refractivity contribution in [3.63, 3.8) is 0 Å². The molecule has 206 valence electrons. The first kappa shape index (κ1) is 32.4. The summed E-state index contributed by atoms with van der Waals surface area (Å²) in [5.41, 5.74) is 2.90. The Morgan fingerprint density at radius 1 is 0.676 bits per heavy atom. The van der Waals surface area contributed by atoms with Crippen molar-refractivity contribution in [2.45, 2.75) is 105 Å². The molecule has 2 aliphatic rings. The number of hydrogen-bond donors (Lipinski definition) is 0. The van der Waals surface area contributed by atoms with Gasteiger partial charge < -0.3 is 9.97 Å². The van der Waals surface area contributed by atoms with Gasteiger partial charge in [-0.2, -0.15) is 12.4 Å². The van der Waals surface area contributed by atoms with Gasteiger partial charge in [0.05, 0.1) is 0 Å². The average Bonchev–Trinajstić information content (AvgIpc) is 3.56. The van der Waals surface area contributed by atoms with E-state index in [0.717, 1.165) is 23.2 Å². The van der Waals surface area contributed by atoms with Gasteiger partial charge in [0.25, 0.3) is 0 Å². The number of rotatable bonds is 4. The molecule has 2 aliphatic carbocycles. The van der Waals surface area contributed by atoms with E-state index < -0.39 is 17.0 Å².